The van der Waals surface area contributed by atoms with Crippen molar-refractivity contribution in [3.63, 3.8) is 0 Å². The molecule has 2 fully saturated rings. The second-order valence-corrected chi connectivity index (χ2v) is 5.40. The molecule has 3 rings (SSSR count). The molecule has 0 aromatic heterocycles. The number of nitrogens with zero attached hydrogens (tertiary/aromatic N) is 1. The van der Waals surface area contributed by atoms with Gasteiger partial charge in [0.1, 0.15) is 5.75 Å². The second-order valence-electron chi connectivity index (χ2n) is 5.40. The minimum Gasteiger partial charge on any atom is -0.508 e. The highest BCUT2D eigenvalue weighted by Crippen LogP contribution is 2.33. The molecule has 2 heterocycles. The lowest BCUT2D eigenvalue weighted by atomic mass is 10.0. The number of phenols is 1. The fourth-order valence-electron chi connectivity index (χ4n) is 3.20. The summed E-state index contributed by atoms with van der Waals surface area (Å²) in [5.74, 6) is 2.03. The Kier molecular flexibility index (Phi) is 2.81. The number of rotatable bonds is 2. The average molecular weight is 232 g/mol. The van der Waals surface area contributed by atoms with Crippen LogP contribution in [0.3, 0.4) is 0 Å². The van der Waals surface area contributed by atoms with Gasteiger partial charge < -0.3 is 10.4 Å². The number of phenolic OH excluding ortho intramolecular Hbond substituents is 1. The molecular weight excluding hydrogens is 212 g/mol. The van der Waals surface area contributed by atoms with Crippen molar-refractivity contribution in [3.05, 3.63) is 29.8 Å². The molecule has 3 heteroatoms. The van der Waals surface area contributed by atoms with Gasteiger partial charge in [0.25, 0.3) is 0 Å². The summed E-state index contributed by atoms with van der Waals surface area (Å²) in [5, 5.41) is 13.0. The minimum absolute atomic E-state index is 0.371. The molecule has 1 aromatic carbocycles. The highest BCUT2D eigenvalue weighted by atomic mass is 16.3. The van der Waals surface area contributed by atoms with Crippen LogP contribution >= 0.6 is 0 Å². The Hall–Kier alpha value is -1.06. The van der Waals surface area contributed by atoms with Crippen LogP contribution in [0.5, 0.6) is 5.75 Å². The molecule has 2 saturated heterocycles. The Morgan fingerprint density at radius 3 is 2.65 bits per heavy atom. The van der Waals surface area contributed by atoms with Crippen molar-refractivity contribution >= 4 is 0 Å². The van der Waals surface area contributed by atoms with Crippen LogP contribution in [0.25, 0.3) is 0 Å². The largest absolute Gasteiger partial charge is 0.508 e. The maximum absolute atomic E-state index is 9.54. The second kappa shape index (κ2) is 4.31. The molecule has 1 aromatic rings. The van der Waals surface area contributed by atoms with Crippen molar-refractivity contribution in [2.24, 2.45) is 11.8 Å². The lowest BCUT2D eigenvalue weighted by molar-refractivity contribution is 0.243. The summed E-state index contributed by atoms with van der Waals surface area (Å²) in [7, 11) is 0. The van der Waals surface area contributed by atoms with Crippen LogP contribution in [0.4, 0.5) is 0 Å². The van der Waals surface area contributed by atoms with E-state index in [-0.39, 0.29) is 0 Å². The maximum atomic E-state index is 9.54. The van der Waals surface area contributed by atoms with Crippen molar-refractivity contribution in [2.45, 2.75) is 13.0 Å². The van der Waals surface area contributed by atoms with Gasteiger partial charge in [-0.2, -0.15) is 0 Å². The van der Waals surface area contributed by atoms with Gasteiger partial charge >= 0.3 is 0 Å². The Morgan fingerprint density at radius 1 is 1.29 bits per heavy atom. The Balaban J connectivity index is 1.73. The monoisotopic (exact) mass is 232 g/mol. The predicted octanol–water partition coefficient (Wildman–Crippen LogP) is 1.60. The van der Waals surface area contributed by atoms with Crippen LogP contribution in [0.15, 0.2) is 24.3 Å². The Bertz CT molecular complexity index is 395. The summed E-state index contributed by atoms with van der Waals surface area (Å²) >= 11 is 0. The van der Waals surface area contributed by atoms with Crippen molar-refractivity contribution in [2.75, 3.05) is 26.2 Å². The molecule has 0 aliphatic carbocycles. The van der Waals surface area contributed by atoms with Crippen LogP contribution < -0.4 is 5.32 Å². The molecule has 0 bridgehead atoms. The third-order valence-electron chi connectivity index (χ3n) is 4.32. The van der Waals surface area contributed by atoms with Crippen molar-refractivity contribution < 1.29 is 5.11 Å². The minimum atomic E-state index is 0.371. The average Bonchev–Trinajstić information content (AvgIpc) is 2.88. The van der Waals surface area contributed by atoms with Crippen LogP contribution in [-0.4, -0.2) is 36.2 Å². The number of hydrogen-bond donors (Lipinski definition) is 2. The van der Waals surface area contributed by atoms with Gasteiger partial charge in [-0.15, -0.1) is 0 Å². The quantitative estimate of drug-likeness (QED) is 0.813. The third kappa shape index (κ3) is 2.05. The fraction of sp³-hybridized carbons (Fsp3) is 0.571. The van der Waals surface area contributed by atoms with E-state index in [9.17, 15) is 5.11 Å². The summed E-state index contributed by atoms with van der Waals surface area (Å²) in [6.45, 7) is 6.97. The van der Waals surface area contributed by atoms with Gasteiger partial charge in [0.15, 0.2) is 0 Å². The predicted molar refractivity (Wildman–Crippen MR) is 67.9 cm³/mol. The molecule has 0 spiro atoms. The fourth-order valence-corrected chi connectivity index (χ4v) is 3.20. The molecule has 3 nitrogen and oxygen atoms in total. The first-order chi connectivity index (χ1) is 8.24. The zero-order chi connectivity index (χ0) is 11.8. The van der Waals surface area contributed by atoms with Crippen molar-refractivity contribution in [1.29, 1.82) is 0 Å². The van der Waals surface area contributed by atoms with E-state index in [1.54, 1.807) is 6.07 Å². The highest BCUT2D eigenvalue weighted by Gasteiger charge is 2.37. The van der Waals surface area contributed by atoms with Crippen molar-refractivity contribution in [3.8, 4) is 5.75 Å². The number of benzene rings is 1. The first-order valence-corrected chi connectivity index (χ1v) is 6.48. The molecule has 3 unspecified atom stereocenters. The van der Waals surface area contributed by atoms with Gasteiger partial charge in [-0.3, -0.25) is 4.90 Å². The smallest absolute Gasteiger partial charge is 0.115 e. The number of nitrogens with one attached hydrogen (secondary N) is 1. The Labute approximate surface area is 102 Å². The van der Waals surface area contributed by atoms with Gasteiger partial charge in [-0.1, -0.05) is 12.1 Å². The molecular formula is C14H20N2O. The number of fused-ring (bicyclic) bond motifs is 1. The van der Waals surface area contributed by atoms with E-state index in [1.165, 1.54) is 31.7 Å². The molecule has 0 radical (unpaired) electrons. The van der Waals surface area contributed by atoms with Crippen LogP contribution in [-0.2, 0) is 0 Å². The van der Waals surface area contributed by atoms with Crippen LogP contribution in [0.1, 0.15) is 18.5 Å². The molecule has 3 atom stereocenters. The van der Waals surface area contributed by atoms with Gasteiger partial charge in [-0.05, 0) is 49.5 Å². The third-order valence-corrected chi connectivity index (χ3v) is 4.32. The van der Waals surface area contributed by atoms with E-state index in [0.717, 1.165) is 11.8 Å². The summed E-state index contributed by atoms with van der Waals surface area (Å²) in [6, 6.07) is 8.07. The maximum Gasteiger partial charge on any atom is 0.115 e. The highest BCUT2D eigenvalue weighted by molar-refractivity contribution is 5.29. The zero-order valence-corrected chi connectivity index (χ0v) is 10.3. The van der Waals surface area contributed by atoms with Crippen LogP contribution in [0, 0.1) is 11.8 Å². The van der Waals surface area contributed by atoms with E-state index < -0.39 is 0 Å². The Morgan fingerprint density at radius 2 is 2.00 bits per heavy atom. The van der Waals surface area contributed by atoms with Gasteiger partial charge in [0, 0.05) is 19.1 Å². The standard InChI is InChI=1S/C14H20N2O/c1-10(11-3-2-4-14(17)5-11)16-8-12-6-15-7-13(12)9-16/h2-5,10,12-13,15,17H,6-9H2,1H3. The van der Waals surface area contributed by atoms with E-state index in [4.69, 9.17) is 0 Å². The zero-order valence-electron chi connectivity index (χ0n) is 10.3. The van der Waals surface area contributed by atoms with Crippen molar-refractivity contribution in [1.82, 2.24) is 10.2 Å². The molecule has 0 amide bonds. The summed E-state index contributed by atoms with van der Waals surface area (Å²) in [4.78, 5) is 2.55. The first kappa shape index (κ1) is 11.1. The number of hydrogen-bond acceptors (Lipinski definition) is 3. The van der Waals surface area contributed by atoms with Gasteiger partial charge in [0.05, 0.1) is 0 Å². The molecule has 2 N–H and O–H groups in total. The molecule has 2 aliphatic rings. The van der Waals surface area contributed by atoms with E-state index in [1.807, 2.05) is 12.1 Å². The van der Waals surface area contributed by atoms with Gasteiger partial charge in [-0.25, -0.2) is 0 Å². The van der Waals surface area contributed by atoms with E-state index in [2.05, 4.69) is 23.2 Å². The molecule has 92 valence electrons. The lowest BCUT2D eigenvalue weighted by Crippen LogP contribution is -2.28. The lowest BCUT2D eigenvalue weighted by Gasteiger charge is -2.25. The SMILES string of the molecule is CC(c1cccc(O)c1)N1CC2CNCC2C1. The molecule has 17 heavy (non-hydrogen) atoms. The first-order valence-electron chi connectivity index (χ1n) is 6.48. The summed E-state index contributed by atoms with van der Waals surface area (Å²) in [5.41, 5.74) is 1.22. The molecule has 2 aliphatic heterocycles. The summed E-state index contributed by atoms with van der Waals surface area (Å²) in [6.07, 6.45) is 0. The number of likely N-dealkylation sites (tertiary alicyclic amines) is 1. The summed E-state index contributed by atoms with van der Waals surface area (Å²) < 4.78 is 0. The normalized spacial score (nSPS) is 30.4. The van der Waals surface area contributed by atoms with E-state index >= 15 is 0 Å². The number of aromatic hydroxyl groups is 1. The van der Waals surface area contributed by atoms with Gasteiger partial charge in [0.2, 0.25) is 0 Å². The topological polar surface area (TPSA) is 35.5 Å². The van der Waals surface area contributed by atoms with E-state index in [0.29, 0.717) is 11.8 Å². The van der Waals surface area contributed by atoms with Crippen LogP contribution in [0.2, 0.25) is 0 Å². The molecule has 0 saturated carbocycles.